The van der Waals surface area contributed by atoms with E-state index < -0.39 is 0 Å². The molecule has 0 bridgehead atoms. The molecule has 0 saturated heterocycles. The summed E-state index contributed by atoms with van der Waals surface area (Å²) >= 11 is 0. The van der Waals surface area contributed by atoms with Gasteiger partial charge in [-0.05, 0) is 6.42 Å². The molecule has 1 amide bonds. The summed E-state index contributed by atoms with van der Waals surface area (Å²) in [6.07, 6.45) is 1.88. The number of nitrogens with zero attached hydrogens (tertiary/aromatic N) is 2. The second-order valence-corrected chi connectivity index (χ2v) is 2.47. The van der Waals surface area contributed by atoms with E-state index in [0.717, 1.165) is 6.42 Å². The average molecular weight is 154 g/mol. The Morgan fingerprint density at radius 3 is 2.73 bits per heavy atom. The lowest BCUT2D eigenvalue weighted by molar-refractivity contribution is -0.129. The lowest BCUT2D eigenvalue weighted by atomic mass is 10.3. The van der Waals surface area contributed by atoms with Crippen LogP contribution >= 0.6 is 0 Å². The Morgan fingerprint density at radius 2 is 2.27 bits per heavy atom. The minimum atomic E-state index is 0.128. The fraction of sp³-hybridized carbons (Fsp3) is 0.750. The molecule has 0 aromatic carbocycles. The van der Waals surface area contributed by atoms with Gasteiger partial charge in [0.25, 0.3) is 0 Å². The maximum absolute atomic E-state index is 11.1. The molecular weight excluding hydrogens is 140 g/mol. The quantitative estimate of drug-likeness (QED) is 0.609. The maximum atomic E-state index is 11.1. The van der Waals surface area contributed by atoms with Gasteiger partial charge < -0.3 is 4.90 Å². The van der Waals surface area contributed by atoms with Crippen molar-refractivity contribution in [2.75, 3.05) is 13.6 Å². The number of carbonyl (C=O) groups excluding carboxylic acids is 1. The summed E-state index contributed by atoms with van der Waals surface area (Å²) in [5, 5.41) is 8.24. The molecule has 0 spiro atoms. The number of carbonyl (C=O) groups is 1. The highest BCUT2D eigenvalue weighted by molar-refractivity contribution is 5.75. The monoisotopic (exact) mass is 154 g/mol. The number of nitriles is 1. The SMILES string of the molecule is CCCC(=O)N(C)CCC#N. The van der Waals surface area contributed by atoms with Crippen LogP contribution in [-0.4, -0.2) is 24.4 Å². The first-order valence-corrected chi connectivity index (χ1v) is 3.83. The molecule has 0 radical (unpaired) electrons. The molecule has 0 aromatic heterocycles. The second kappa shape index (κ2) is 5.72. The first-order chi connectivity index (χ1) is 5.22. The Morgan fingerprint density at radius 1 is 1.64 bits per heavy atom. The molecule has 0 aliphatic carbocycles. The van der Waals surface area contributed by atoms with Crippen LogP contribution in [-0.2, 0) is 4.79 Å². The Bertz CT molecular complexity index is 160. The summed E-state index contributed by atoms with van der Waals surface area (Å²) in [5.41, 5.74) is 0. The van der Waals surface area contributed by atoms with Crippen molar-refractivity contribution in [1.82, 2.24) is 4.90 Å². The zero-order valence-corrected chi connectivity index (χ0v) is 7.13. The maximum Gasteiger partial charge on any atom is 0.222 e. The molecular formula is C8H14N2O. The number of hydrogen-bond acceptors (Lipinski definition) is 2. The topological polar surface area (TPSA) is 44.1 Å². The van der Waals surface area contributed by atoms with Crippen LogP contribution in [0.25, 0.3) is 0 Å². The normalized spacial score (nSPS) is 8.82. The number of amides is 1. The van der Waals surface area contributed by atoms with Crippen molar-refractivity contribution in [2.45, 2.75) is 26.2 Å². The smallest absolute Gasteiger partial charge is 0.222 e. The third-order valence-corrected chi connectivity index (χ3v) is 1.45. The molecule has 0 aromatic rings. The van der Waals surface area contributed by atoms with Gasteiger partial charge in [-0.15, -0.1) is 0 Å². The molecule has 3 heteroatoms. The summed E-state index contributed by atoms with van der Waals surface area (Å²) in [5.74, 6) is 0.128. The van der Waals surface area contributed by atoms with E-state index in [1.54, 1.807) is 11.9 Å². The summed E-state index contributed by atoms with van der Waals surface area (Å²) in [6.45, 7) is 2.52. The van der Waals surface area contributed by atoms with Crippen molar-refractivity contribution in [3.63, 3.8) is 0 Å². The lowest BCUT2D eigenvalue weighted by Crippen LogP contribution is -2.26. The molecule has 0 aliphatic heterocycles. The first kappa shape index (κ1) is 9.96. The summed E-state index contributed by atoms with van der Waals surface area (Å²) in [7, 11) is 1.73. The van der Waals surface area contributed by atoms with E-state index in [1.807, 2.05) is 13.0 Å². The molecule has 62 valence electrons. The fourth-order valence-electron chi connectivity index (χ4n) is 0.747. The zero-order chi connectivity index (χ0) is 8.69. The third kappa shape index (κ3) is 4.38. The van der Waals surface area contributed by atoms with E-state index in [0.29, 0.717) is 19.4 Å². The third-order valence-electron chi connectivity index (χ3n) is 1.45. The van der Waals surface area contributed by atoms with Crippen LogP contribution in [0.15, 0.2) is 0 Å². The molecule has 0 aliphatic rings. The molecule has 0 N–H and O–H groups in total. The molecule has 0 unspecified atom stereocenters. The van der Waals surface area contributed by atoms with Crippen molar-refractivity contribution in [1.29, 1.82) is 5.26 Å². The predicted molar refractivity (Wildman–Crippen MR) is 42.8 cm³/mol. The van der Waals surface area contributed by atoms with Gasteiger partial charge in [0.05, 0.1) is 12.5 Å². The Kier molecular flexibility index (Phi) is 5.18. The summed E-state index contributed by atoms with van der Waals surface area (Å²) in [6, 6.07) is 2.00. The molecule has 3 nitrogen and oxygen atoms in total. The molecule has 0 heterocycles. The number of rotatable bonds is 4. The highest BCUT2D eigenvalue weighted by atomic mass is 16.2. The van der Waals surface area contributed by atoms with Crippen LogP contribution in [0, 0.1) is 11.3 Å². The van der Waals surface area contributed by atoms with Gasteiger partial charge >= 0.3 is 0 Å². The van der Waals surface area contributed by atoms with Crippen molar-refractivity contribution >= 4 is 5.91 Å². The van der Waals surface area contributed by atoms with Crippen LogP contribution in [0.2, 0.25) is 0 Å². The van der Waals surface area contributed by atoms with Crippen molar-refractivity contribution in [3.05, 3.63) is 0 Å². The van der Waals surface area contributed by atoms with Crippen molar-refractivity contribution in [2.24, 2.45) is 0 Å². The van der Waals surface area contributed by atoms with Crippen molar-refractivity contribution < 1.29 is 4.79 Å². The van der Waals surface area contributed by atoms with E-state index in [9.17, 15) is 4.79 Å². The van der Waals surface area contributed by atoms with E-state index in [1.165, 1.54) is 0 Å². The Hall–Kier alpha value is -1.04. The first-order valence-electron chi connectivity index (χ1n) is 3.83. The van der Waals surface area contributed by atoms with E-state index >= 15 is 0 Å². The lowest BCUT2D eigenvalue weighted by Gasteiger charge is -2.14. The fourth-order valence-corrected chi connectivity index (χ4v) is 0.747. The van der Waals surface area contributed by atoms with Crippen LogP contribution in [0.3, 0.4) is 0 Å². The van der Waals surface area contributed by atoms with Gasteiger partial charge in [0, 0.05) is 20.0 Å². The minimum absolute atomic E-state index is 0.128. The van der Waals surface area contributed by atoms with Gasteiger partial charge in [-0.3, -0.25) is 4.79 Å². The van der Waals surface area contributed by atoms with Gasteiger partial charge in [-0.25, -0.2) is 0 Å². The van der Waals surface area contributed by atoms with Gasteiger partial charge in [0.1, 0.15) is 0 Å². The van der Waals surface area contributed by atoms with Crippen LogP contribution in [0.4, 0.5) is 0 Å². The molecule has 0 fully saturated rings. The highest BCUT2D eigenvalue weighted by Gasteiger charge is 2.05. The van der Waals surface area contributed by atoms with Crippen LogP contribution in [0.1, 0.15) is 26.2 Å². The Labute approximate surface area is 67.6 Å². The molecule has 0 atom stereocenters. The Balaban J connectivity index is 3.57. The van der Waals surface area contributed by atoms with Gasteiger partial charge in [0.2, 0.25) is 5.91 Å². The van der Waals surface area contributed by atoms with Gasteiger partial charge in [0.15, 0.2) is 0 Å². The van der Waals surface area contributed by atoms with Gasteiger partial charge in [-0.1, -0.05) is 6.92 Å². The van der Waals surface area contributed by atoms with Crippen LogP contribution in [0.5, 0.6) is 0 Å². The predicted octanol–water partition coefficient (Wildman–Crippen LogP) is 1.16. The number of hydrogen-bond donors (Lipinski definition) is 0. The zero-order valence-electron chi connectivity index (χ0n) is 7.13. The van der Waals surface area contributed by atoms with E-state index in [4.69, 9.17) is 5.26 Å². The largest absolute Gasteiger partial charge is 0.345 e. The highest BCUT2D eigenvalue weighted by Crippen LogP contribution is 1.94. The summed E-state index contributed by atoms with van der Waals surface area (Å²) < 4.78 is 0. The molecule has 0 saturated carbocycles. The minimum Gasteiger partial charge on any atom is -0.345 e. The average Bonchev–Trinajstić information content (AvgIpc) is 2.00. The molecule has 0 rings (SSSR count). The van der Waals surface area contributed by atoms with Crippen molar-refractivity contribution in [3.8, 4) is 6.07 Å². The van der Waals surface area contributed by atoms with E-state index in [-0.39, 0.29) is 5.91 Å². The standard InChI is InChI=1S/C8H14N2O/c1-3-5-8(11)10(2)7-4-6-9/h3-5,7H2,1-2H3. The molecule has 11 heavy (non-hydrogen) atoms. The van der Waals surface area contributed by atoms with Gasteiger partial charge in [-0.2, -0.15) is 5.26 Å². The second-order valence-electron chi connectivity index (χ2n) is 2.47. The summed E-state index contributed by atoms with van der Waals surface area (Å²) in [4.78, 5) is 12.7. The van der Waals surface area contributed by atoms with E-state index in [2.05, 4.69) is 0 Å². The van der Waals surface area contributed by atoms with Crippen LogP contribution < -0.4 is 0 Å².